The van der Waals surface area contributed by atoms with Gasteiger partial charge in [0.15, 0.2) is 0 Å². The number of aromatic nitrogens is 1. The predicted molar refractivity (Wildman–Crippen MR) is 85.2 cm³/mol. The summed E-state index contributed by atoms with van der Waals surface area (Å²) in [6.45, 7) is 0.0118. The molecule has 116 valence electrons. The molecule has 0 atom stereocenters. The Morgan fingerprint density at radius 1 is 1.13 bits per heavy atom. The summed E-state index contributed by atoms with van der Waals surface area (Å²) in [6, 6.07) is 13.1. The topological polar surface area (TPSA) is 62.2 Å². The third kappa shape index (κ3) is 3.19. The molecule has 0 unspecified atom stereocenters. The highest BCUT2D eigenvalue weighted by Gasteiger charge is 2.14. The average molecular weight is 310 g/mol. The minimum absolute atomic E-state index is 0.270. The molecule has 1 aromatic heterocycles. The molecular formula is C18H15FN2O2. The predicted octanol–water partition coefficient (Wildman–Crippen LogP) is 2.80. The van der Waals surface area contributed by atoms with E-state index in [-0.39, 0.29) is 24.9 Å². The van der Waals surface area contributed by atoms with Crippen molar-refractivity contribution in [2.45, 2.75) is 13.2 Å². The summed E-state index contributed by atoms with van der Waals surface area (Å²) in [5.41, 5.74) is 2.30. The van der Waals surface area contributed by atoms with Gasteiger partial charge in [-0.3, -0.25) is 9.78 Å². The van der Waals surface area contributed by atoms with Gasteiger partial charge in [0.25, 0.3) is 5.91 Å². The van der Waals surface area contributed by atoms with E-state index in [1.54, 1.807) is 36.5 Å². The monoisotopic (exact) mass is 310 g/mol. The molecule has 0 aliphatic heterocycles. The Balaban J connectivity index is 1.84. The van der Waals surface area contributed by atoms with Gasteiger partial charge in [0.05, 0.1) is 12.1 Å². The maximum Gasteiger partial charge on any atom is 0.251 e. The van der Waals surface area contributed by atoms with Crippen molar-refractivity contribution in [2.75, 3.05) is 0 Å². The van der Waals surface area contributed by atoms with Gasteiger partial charge in [-0.1, -0.05) is 24.3 Å². The first-order valence-electron chi connectivity index (χ1n) is 7.19. The fourth-order valence-electron chi connectivity index (χ4n) is 2.46. The van der Waals surface area contributed by atoms with Crippen LogP contribution in [0.5, 0.6) is 0 Å². The number of aliphatic hydroxyl groups is 1. The minimum atomic E-state index is -0.316. The van der Waals surface area contributed by atoms with E-state index in [2.05, 4.69) is 10.3 Å². The summed E-state index contributed by atoms with van der Waals surface area (Å²) >= 11 is 0. The molecule has 3 rings (SSSR count). The third-order valence-corrected chi connectivity index (χ3v) is 3.65. The molecule has 2 N–H and O–H groups in total. The van der Waals surface area contributed by atoms with Crippen LogP contribution in [-0.2, 0) is 13.2 Å². The molecule has 0 fully saturated rings. The Labute approximate surface area is 132 Å². The van der Waals surface area contributed by atoms with Gasteiger partial charge < -0.3 is 10.4 Å². The molecular weight excluding hydrogens is 295 g/mol. The van der Waals surface area contributed by atoms with Crippen LogP contribution in [0, 0.1) is 5.82 Å². The van der Waals surface area contributed by atoms with E-state index in [1.165, 1.54) is 12.1 Å². The summed E-state index contributed by atoms with van der Waals surface area (Å²) < 4.78 is 12.9. The van der Waals surface area contributed by atoms with Gasteiger partial charge >= 0.3 is 0 Å². The maximum absolute atomic E-state index is 12.9. The largest absolute Gasteiger partial charge is 0.392 e. The first kappa shape index (κ1) is 15.1. The van der Waals surface area contributed by atoms with Crippen LogP contribution < -0.4 is 5.32 Å². The van der Waals surface area contributed by atoms with Crippen molar-refractivity contribution in [3.8, 4) is 0 Å². The molecule has 0 bridgehead atoms. The van der Waals surface area contributed by atoms with Crippen LogP contribution in [-0.4, -0.2) is 16.0 Å². The summed E-state index contributed by atoms with van der Waals surface area (Å²) in [5, 5.41) is 13.3. The first-order chi connectivity index (χ1) is 11.2. The fraction of sp³-hybridized carbons (Fsp3) is 0.111. The molecule has 5 heteroatoms. The van der Waals surface area contributed by atoms with Crippen LogP contribution >= 0.6 is 0 Å². The van der Waals surface area contributed by atoms with Crippen LogP contribution in [0.15, 0.2) is 54.7 Å². The molecule has 0 aliphatic carbocycles. The zero-order chi connectivity index (χ0) is 16.2. The molecule has 0 saturated heterocycles. The average Bonchev–Trinajstić information content (AvgIpc) is 2.60. The van der Waals surface area contributed by atoms with Crippen molar-refractivity contribution in [1.82, 2.24) is 10.3 Å². The quantitative estimate of drug-likeness (QED) is 0.779. The van der Waals surface area contributed by atoms with E-state index in [4.69, 9.17) is 0 Å². The molecule has 0 aliphatic rings. The molecule has 3 aromatic rings. The molecule has 0 radical (unpaired) electrons. The second-order valence-corrected chi connectivity index (χ2v) is 5.13. The zero-order valence-corrected chi connectivity index (χ0v) is 12.3. The number of aliphatic hydroxyl groups excluding tert-OH is 1. The van der Waals surface area contributed by atoms with E-state index in [0.29, 0.717) is 16.6 Å². The van der Waals surface area contributed by atoms with E-state index in [1.807, 2.05) is 6.07 Å². The molecule has 0 saturated carbocycles. The standard InChI is InChI=1S/C18H15FN2O2/c19-14-6-3-12(4-7-14)10-21-18(23)15-8-5-13-2-1-9-20-17(13)16(15)11-22/h1-9,22H,10-11H2,(H,21,23). The molecule has 2 aromatic carbocycles. The van der Waals surface area contributed by atoms with Crippen LogP contribution in [0.4, 0.5) is 4.39 Å². The van der Waals surface area contributed by atoms with E-state index < -0.39 is 0 Å². The number of rotatable bonds is 4. The van der Waals surface area contributed by atoms with Crippen LogP contribution in [0.1, 0.15) is 21.5 Å². The van der Waals surface area contributed by atoms with E-state index in [9.17, 15) is 14.3 Å². The van der Waals surface area contributed by atoms with Crippen molar-refractivity contribution in [3.05, 3.63) is 77.2 Å². The Morgan fingerprint density at radius 2 is 1.91 bits per heavy atom. The third-order valence-electron chi connectivity index (χ3n) is 3.65. The van der Waals surface area contributed by atoms with Crippen molar-refractivity contribution in [2.24, 2.45) is 0 Å². The number of amides is 1. The van der Waals surface area contributed by atoms with Gasteiger partial charge in [-0.05, 0) is 29.8 Å². The summed E-state index contributed by atoms with van der Waals surface area (Å²) in [5.74, 6) is -0.617. The normalized spacial score (nSPS) is 10.7. The second-order valence-electron chi connectivity index (χ2n) is 5.13. The highest BCUT2D eigenvalue weighted by atomic mass is 19.1. The van der Waals surface area contributed by atoms with Crippen molar-refractivity contribution in [3.63, 3.8) is 0 Å². The summed E-state index contributed by atoms with van der Waals surface area (Å²) in [6.07, 6.45) is 1.63. The lowest BCUT2D eigenvalue weighted by atomic mass is 10.0. The summed E-state index contributed by atoms with van der Waals surface area (Å²) in [4.78, 5) is 16.6. The fourth-order valence-corrected chi connectivity index (χ4v) is 2.46. The smallest absolute Gasteiger partial charge is 0.251 e. The van der Waals surface area contributed by atoms with Crippen molar-refractivity contribution < 1.29 is 14.3 Å². The Kier molecular flexibility index (Phi) is 4.30. The number of fused-ring (bicyclic) bond motifs is 1. The van der Waals surface area contributed by atoms with Gasteiger partial charge in [-0.2, -0.15) is 0 Å². The number of nitrogens with one attached hydrogen (secondary N) is 1. The number of halogens is 1. The number of benzene rings is 2. The van der Waals surface area contributed by atoms with Crippen LogP contribution in [0.3, 0.4) is 0 Å². The molecule has 23 heavy (non-hydrogen) atoms. The lowest BCUT2D eigenvalue weighted by Gasteiger charge is -2.11. The Morgan fingerprint density at radius 3 is 2.65 bits per heavy atom. The number of carbonyl (C=O) groups is 1. The number of hydrogen-bond acceptors (Lipinski definition) is 3. The van der Waals surface area contributed by atoms with Gasteiger partial charge in [0.2, 0.25) is 0 Å². The maximum atomic E-state index is 12.9. The number of hydrogen-bond donors (Lipinski definition) is 2. The van der Waals surface area contributed by atoms with E-state index in [0.717, 1.165) is 10.9 Å². The lowest BCUT2D eigenvalue weighted by Crippen LogP contribution is -2.24. The van der Waals surface area contributed by atoms with Gasteiger partial charge in [-0.15, -0.1) is 0 Å². The highest BCUT2D eigenvalue weighted by molar-refractivity contribution is 6.00. The van der Waals surface area contributed by atoms with Gasteiger partial charge in [0, 0.05) is 29.3 Å². The second kappa shape index (κ2) is 6.54. The molecule has 4 nitrogen and oxygen atoms in total. The molecule has 0 spiro atoms. The van der Waals surface area contributed by atoms with Crippen LogP contribution in [0.2, 0.25) is 0 Å². The number of nitrogens with zero attached hydrogens (tertiary/aromatic N) is 1. The minimum Gasteiger partial charge on any atom is -0.392 e. The summed E-state index contributed by atoms with van der Waals surface area (Å²) in [7, 11) is 0. The number of pyridine rings is 1. The van der Waals surface area contributed by atoms with Crippen molar-refractivity contribution in [1.29, 1.82) is 0 Å². The van der Waals surface area contributed by atoms with Crippen LogP contribution in [0.25, 0.3) is 10.9 Å². The SMILES string of the molecule is O=C(NCc1ccc(F)cc1)c1ccc2cccnc2c1CO. The highest BCUT2D eigenvalue weighted by Crippen LogP contribution is 2.20. The van der Waals surface area contributed by atoms with Crippen molar-refractivity contribution >= 4 is 16.8 Å². The molecule has 1 amide bonds. The molecule has 1 heterocycles. The number of carbonyl (C=O) groups excluding carboxylic acids is 1. The Bertz CT molecular complexity index is 847. The first-order valence-corrected chi connectivity index (χ1v) is 7.19. The van der Waals surface area contributed by atoms with E-state index >= 15 is 0 Å². The van der Waals surface area contributed by atoms with Gasteiger partial charge in [0.1, 0.15) is 5.82 Å². The lowest BCUT2D eigenvalue weighted by molar-refractivity contribution is 0.0948. The zero-order valence-electron chi connectivity index (χ0n) is 12.3. The Hall–Kier alpha value is -2.79. The van der Waals surface area contributed by atoms with Gasteiger partial charge in [-0.25, -0.2) is 4.39 Å².